The number of ether oxygens (including phenoxy) is 1. The topological polar surface area (TPSA) is 70.3 Å². The van der Waals surface area contributed by atoms with E-state index in [-0.39, 0.29) is 28.4 Å². The van der Waals surface area contributed by atoms with Crippen molar-refractivity contribution in [2.24, 2.45) is 0 Å². The summed E-state index contributed by atoms with van der Waals surface area (Å²) in [6.45, 7) is 1.32. The minimum atomic E-state index is -0.320. The highest BCUT2D eigenvalue weighted by Gasteiger charge is 2.15. The summed E-state index contributed by atoms with van der Waals surface area (Å²) in [4.78, 5) is 11.0. The average molecular weight is 191 g/mol. The van der Waals surface area contributed by atoms with E-state index in [9.17, 15) is 9.90 Å². The SMILES string of the molecule is COc1ccc(C(C)=O)c(O)c1C#N. The van der Waals surface area contributed by atoms with Gasteiger partial charge in [-0.05, 0) is 19.1 Å². The maximum absolute atomic E-state index is 11.0. The Labute approximate surface area is 81.4 Å². The fraction of sp³-hybridized carbons (Fsp3) is 0.200. The van der Waals surface area contributed by atoms with Crippen molar-refractivity contribution in [1.82, 2.24) is 0 Å². The Balaban J connectivity index is 3.44. The molecule has 1 rings (SSSR count). The Morgan fingerprint density at radius 3 is 2.64 bits per heavy atom. The molecule has 0 aliphatic carbocycles. The molecule has 0 radical (unpaired) electrons. The minimum Gasteiger partial charge on any atom is -0.506 e. The third-order valence-electron chi connectivity index (χ3n) is 1.85. The number of Topliss-reactive ketones (excluding diaryl/α,β-unsaturated/α-hetero) is 1. The summed E-state index contributed by atoms with van der Waals surface area (Å²) < 4.78 is 4.86. The molecule has 0 amide bonds. The van der Waals surface area contributed by atoms with E-state index in [1.54, 1.807) is 6.07 Å². The number of carbonyl (C=O) groups is 1. The normalized spacial score (nSPS) is 9.21. The number of carbonyl (C=O) groups excluding carboxylic acids is 1. The van der Waals surface area contributed by atoms with Crippen LogP contribution in [-0.4, -0.2) is 18.0 Å². The van der Waals surface area contributed by atoms with E-state index in [1.807, 2.05) is 0 Å². The summed E-state index contributed by atoms with van der Waals surface area (Å²) in [5.74, 6) is -0.351. The maximum Gasteiger partial charge on any atom is 0.163 e. The maximum atomic E-state index is 11.0. The van der Waals surface area contributed by atoms with Crippen molar-refractivity contribution >= 4 is 5.78 Å². The van der Waals surface area contributed by atoms with Gasteiger partial charge in [0.15, 0.2) is 5.78 Å². The molecule has 0 heterocycles. The largest absolute Gasteiger partial charge is 0.506 e. The molecule has 0 aliphatic heterocycles. The van der Waals surface area contributed by atoms with Gasteiger partial charge in [0, 0.05) is 0 Å². The first-order chi connectivity index (χ1) is 6.61. The highest BCUT2D eigenvalue weighted by atomic mass is 16.5. The second-order valence-electron chi connectivity index (χ2n) is 2.71. The van der Waals surface area contributed by atoms with Crippen LogP contribution in [0.2, 0.25) is 0 Å². The van der Waals surface area contributed by atoms with Crippen LogP contribution in [0.25, 0.3) is 0 Å². The van der Waals surface area contributed by atoms with Crippen LogP contribution in [0.5, 0.6) is 11.5 Å². The first-order valence-electron chi connectivity index (χ1n) is 3.92. The number of hydrogen-bond acceptors (Lipinski definition) is 4. The van der Waals surface area contributed by atoms with E-state index in [1.165, 1.54) is 26.2 Å². The number of nitriles is 1. The van der Waals surface area contributed by atoms with Gasteiger partial charge in [0.1, 0.15) is 23.1 Å². The van der Waals surface area contributed by atoms with Crippen LogP contribution in [-0.2, 0) is 0 Å². The molecule has 4 heteroatoms. The Morgan fingerprint density at radius 1 is 1.57 bits per heavy atom. The third kappa shape index (κ3) is 1.52. The number of ketones is 1. The Morgan fingerprint density at radius 2 is 2.21 bits per heavy atom. The van der Waals surface area contributed by atoms with Gasteiger partial charge in [0.2, 0.25) is 0 Å². The van der Waals surface area contributed by atoms with Crippen LogP contribution in [0.15, 0.2) is 12.1 Å². The van der Waals surface area contributed by atoms with Crippen molar-refractivity contribution < 1.29 is 14.6 Å². The van der Waals surface area contributed by atoms with Crippen LogP contribution in [0.1, 0.15) is 22.8 Å². The first kappa shape index (κ1) is 10.1. The zero-order chi connectivity index (χ0) is 10.7. The van der Waals surface area contributed by atoms with E-state index >= 15 is 0 Å². The van der Waals surface area contributed by atoms with Gasteiger partial charge in [-0.25, -0.2) is 0 Å². The lowest BCUT2D eigenvalue weighted by atomic mass is 10.1. The molecular weight excluding hydrogens is 182 g/mol. The predicted octanol–water partition coefficient (Wildman–Crippen LogP) is 1.48. The Bertz CT molecular complexity index is 418. The van der Waals surface area contributed by atoms with Crippen LogP contribution >= 0.6 is 0 Å². The monoisotopic (exact) mass is 191 g/mol. The van der Waals surface area contributed by atoms with Crippen molar-refractivity contribution in [2.45, 2.75) is 6.92 Å². The number of hydrogen-bond donors (Lipinski definition) is 1. The van der Waals surface area contributed by atoms with Crippen LogP contribution in [0.3, 0.4) is 0 Å². The molecule has 72 valence electrons. The van der Waals surface area contributed by atoms with Crippen molar-refractivity contribution in [3.63, 3.8) is 0 Å². The molecular formula is C10H9NO3. The summed E-state index contributed by atoms with van der Waals surface area (Å²) in [5.41, 5.74) is 0.113. The van der Waals surface area contributed by atoms with E-state index in [0.29, 0.717) is 0 Å². The van der Waals surface area contributed by atoms with Gasteiger partial charge < -0.3 is 9.84 Å². The van der Waals surface area contributed by atoms with Crippen LogP contribution in [0.4, 0.5) is 0 Å². The zero-order valence-electron chi connectivity index (χ0n) is 7.87. The quantitative estimate of drug-likeness (QED) is 0.718. The van der Waals surface area contributed by atoms with Crippen molar-refractivity contribution in [2.75, 3.05) is 7.11 Å². The van der Waals surface area contributed by atoms with Gasteiger partial charge in [-0.2, -0.15) is 5.26 Å². The van der Waals surface area contributed by atoms with Crippen molar-refractivity contribution in [3.05, 3.63) is 23.3 Å². The number of phenolic OH excluding ortho intramolecular Hbond substituents is 1. The van der Waals surface area contributed by atoms with Crippen LogP contribution < -0.4 is 4.74 Å². The van der Waals surface area contributed by atoms with E-state index in [2.05, 4.69) is 0 Å². The van der Waals surface area contributed by atoms with E-state index in [4.69, 9.17) is 10.00 Å². The molecule has 0 unspecified atom stereocenters. The standard InChI is InChI=1S/C10H9NO3/c1-6(12)7-3-4-9(14-2)8(5-11)10(7)13/h3-4,13H,1-2H3. The Hall–Kier alpha value is -2.02. The number of nitrogens with zero attached hydrogens (tertiary/aromatic N) is 1. The highest BCUT2D eigenvalue weighted by molar-refractivity contribution is 5.97. The molecule has 0 spiro atoms. The average Bonchev–Trinajstić information content (AvgIpc) is 2.16. The number of aromatic hydroxyl groups is 1. The lowest BCUT2D eigenvalue weighted by molar-refractivity contribution is 0.101. The molecule has 0 saturated carbocycles. The van der Waals surface area contributed by atoms with Gasteiger partial charge >= 0.3 is 0 Å². The molecule has 1 aromatic carbocycles. The molecule has 0 fully saturated rings. The highest BCUT2D eigenvalue weighted by Crippen LogP contribution is 2.30. The predicted molar refractivity (Wildman–Crippen MR) is 49.4 cm³/mol. The Kier molecular flexibility index (Phi) is 2.73. The molecule has 0 bridgehead atoms. The summed E-state index contributed by atoms with van der Waals surface area (Å²) in [7, 11) is 1.39. The van der Waals surface area contributed by atoms with Crippen molar-refractivity contribution in [3.8, 4) is 17.6 Å². The summed E-state index contributed by atoms with van der Waals surface area (Å²) >= 11 is 0. The number of benzene rings is 1. The van der Waals surface area contributed by atoms with Crippen LogP contribution in [0, 0.1) is 11.3 Å². The molecule has 1 N–H and O–H groups in total. The number of methoxy groups -OCH3 is 1. The van der Waals surface area contributed by atoms with E-state index < -0.39 is 0 Å². The van der Waals surface area contributed by atoms with Gasteiger partial charge in [0.05, 0.1) is 12.7 Å². The lowest BCUT2D eigenvalue weighted by Crippen LogP contribution is -1.96. The summed E-state index contributed by atoms with van der Waals surface area (Å²) in [6, 6.07) is 4.69. The molecule has 0 aliphatic rings. The second-order valence-corrected chi connectivity index (χ2v) is 2.71. The van der Waals surface area contributed by atoms with E-state index in [0.717, 1.165) is 0 Å². The molecule has 0 atom stereocenters. The van der Waals surface area contributed by atoms with Gasteiger partial charge in [-0.3, -0.25) is 4.79 Å². The van der Waals surface area contributed by atoms with Gasteiger partial charge in [-0.15, -0.1) is 0 Å². The second kappa shape index (κ2) is 3.79. The number of phenols is 1. The molecule has 0 aromatic heterocycles. The number of rotatable bonds is 2. The first-order valence-corrected chi connectivity index (χ1v) is 3.92. The summed E-state index contributed by atoms with van der Waals surface area (Å²) in [6.07, 6.45) is 0. The molecule has 0 saturated heterocycles. The van der Waals surface area contributed by atoms with Gasteiger partial charge in [-0.1, -0.05) is 0 Å². The minimum absolute atomic E-state index is 0.0137. The zero-order valence-corrected chi connectivity index (χ0v) is 7.87. The van der Waals surface area contributed by atoms with Gasteiger partial charge in [0.25, 0.3) is 0 Å². The van der Waals surface area contributed by atoms with Crippen molar-refractivity contribution in [1.29, 1.82) is 5.26 Å². The molecule has 1 aromatic rings. The molecule has 14 heavy (non-hydrogen) atoms. The fourth-order valence-electron chi connectivity index (χ4n) is 1.13. The smallest absolute Gasteiger partial charge is 0.163 e. The lowest BCUT2D eigenvalue weighted by Gasteiger charge is -2.06. The molecule has 4 nitrogen and oxygen atoms in total. The third-order valence-corrected chi connectivity index (χ3v) is 1.85. The fourth-order valence-corrected chi connectivity index (χ4v) is 1.13. The summed E-state index contributed by atoms with van der Waals surface area (Å²) in [5, 5.41) is 18.3.